The molecular formula is C24H17Cl3O3. The van der Waals surface area contributed by atoms with Crippen molar-refractivity contribution in [3.8, 4) is 17.1 Å². The molecule has 0 unspecified atom stereocenters. The number of hydrogen-bond donors (Lipinski definition) is 0. The summed E-state index contributed by atoms with van der Waals surface area (Å²) < 4.78 is 12.2. The molecular weight excluding hydrogens is 443 g/mol. The van der Waals surface area contributed by atoms with Crippen molar-refractivity contribution >= 4 is 45.8 Å². The molecule has 152 valence electrons. The van der Waals surface area contributed by atoms with Gasteiger partial charge in [0.25, 0.3) is 0 Å². The van der Waals surface area contributed by atoms with Crippen LogP contribution in [-0.2, 0) is 6.61 Å². The molecule has 0 bridgehead atoms. The van der Waals surface area contributed by atoms with Crippen molar-refractivity contribution in [1.82, 2.24) is 0 Å². The van der Waals surface area contributed by atoms with Crippen LogP contribution in [0.4, 0.5) is 0 Å². The van der Waals surface area contributed by atoms with Gasteiger partial charge in [0.1, 0.15) is 12.2 Å². The minimum Gasteiger partial charge on any atom is -0.481 e. The Bertz CT molecular complexity index is 1310. The number of aryl methyl sites for hydroxylation is 2. The molecule has 0 radical (unpaired) electrons. The van der Waals surface area contributed by atoms with Crippen molar-refractivity contribution in [2.45, 2.75) is 20.5 Å². The number of hydrogen-bond acceptors (Lipinski definition) is 3. The monoisotopic (exact) mass is 458 g/mol. The predicted molar refractivity (Wildman–Crippen MR) is 123 cm³/mol. The molecule has 0 amide bonds. The van der Waals surface area contributed by atoms with E-state index in [4.69, 9.17) is 44.0 Å². The third-order valence-corrected chi connectivity index (χ3v) is 5.86. The molecule has 0 fully saturated rings. The second-order valence-electron chi connectivity index (χ2n) is 7.02. The van der Waals surface area contributed by atoms with Gasteiger partial charge < -0.3 is 9.15 Å². The molecule has 1 aromatic heterocycles. The van der Waals surface area contributed by atoms with E-state index in [0.717, 1.165) is 11.1 Å². The summed E-state index contributed by atoms with van der Waals surface area (Å²) in [7, 11) is 0. The van der Waals surface area contributed by atoms with E-state index in [1.807, 2.05) is 32.0 Å². The standard InChI is InChI=1S/C24H17Cl3O3/c1-13-10-14(2)22-16(11-13)21(28)24(23(30-22)15-6-3-4-7-18(15)25)29-12-17-19(26)8-5-9-20(17)27/h3-11H,12H2,1-2H3. The fraction of sp³-hybridized carbons (Fsp3) is 0.125. The van der Waals surface area contributed by atoms with E-state index in [0.29, 0.717) is 37.2 Å². The maximum absolute atomic E-state index is 13.4. The number of benzene rings is 3. The minimum atomic E-state index is -0.277. The maximum Gasteiger partial charge on any atom is 0.235 e. The van der Waals surface area contributed by atoms with E-state index in [2.05, 4.69) is 0 Å². The van der Waals surface area contributed by atoms with Gasteiger partial charge in [0.2, 0.25) is 11.2 Å². The lowest BCUT2D eigenvalue weighted by Crippen LogP contribution is -2.11. The number of rotatable bonds is 4. The van der Waals surface area contributed by atoms with Crippen LogP contribution in [0.1, 0.15) is 16.7 Å². The number of halogens is 3. The molecule has 30 heavy (non-hydrogen) atoms. The molecule has 1 heterocycles. The average molecular weight is 460 g/mol. The minimum absolute atomic E-state index is 0.0109. The molecule has 0 spiro atoms. The summed E-state index contributed by atoms with van der Waals surface area (Å²) in [6.07, 6.45) is 0. The molecule has 6 heteroatoms. The quantitative estimate of drug-likeness (QED) is 0.315. The molecule has 0 aliphatic heterocycles. The van der Waals surface area contributed by atoms with Gasteiger partial charge in [-0.15, -0.1) is 0 Å². The normalized spacial score (nSPS) is 11.1. The van der Waals surface area contributed by atoms with Gasteiger partial charge in [0.15, 0.2) is 5.76 Å². The van der Waals surface area contributed by atoms with E-state index in [1.165, 1.54) is 0 Å². The number of ether oxygens (including phenoxy) is 1. The van der Waals surface area contributed by atoms with Crippen molar-refractivity contribution in [2.24, 2.45) is 0 Å². The fourth-order valence-corrected chi connectivity index (χ4v) is 4.13. The van der Waals surface area contributed by atoms with E-state index >= 15 is 0 Å². The predicted octanol–water partition coefficient (Wildman–Crippen LogP) is 7.62. The van der Waals surface area contributed by atoms with Gasteiger partial charge in [-0.2, -0.15) is 0 Å². The van der Waals surface area contributed by atoms with Crippen molar-refractivity contribution in [2.75, 3.05) is 0 Å². The molecule has 4 aromatic rings. The van der Waals surface area contributed by atoms with Crippen LogP contribution in [0.5, 0.6) is 5.75 Å². The first-order chi connectivity index (χ1) is 14.4. The lowest BCUT2D eigenvalue weighted by atomic mass is 10.1. The molecule has 3 aromatic carbocycles. The van der Waals surface area contributed by atoms with Crippen LogP contribution < -0.4 is 10.2 Å². The van der Waals surface area contributed by atoms with Crippen LogP contribution >= 0.6 is 34.8 Å². The highest BCUT2D eigenvalue weighted by Crippen LogP contribution is 2.37. The largest absolute Gasteiger partial charge is 0.481 e. The first kappa shape index (κ1) is 20.8. The number of fused-ring (bicyclic) bond motifs is 1. The van der Waals surface area contributed by atoms with Gasteiger partial charge in [-0.1, -0.05) is 59.1 Å². The summed E-state index contributed by atoms with van der Waals surface area (Å²) >= 11 is 18.9. The zero-order valence-electron chi connectivity index (χ0n) is 16.3. The molecule has 0 saturated carbocycles. The molecule has 0 saturated heterocycles. The molecule has 0 atom stereocenters. The van der Waals surface area contributed by atoms with E-state index < -0.39 is 0 Å². The lowest BCUT2D eigenvalue weighted by molar-refractivity contribution is 0.298. The summed E-state index contributed by atoms with van der Waals surface area (Å²) in [5.74, 6) is 0.338. The SMILES string of the molecule is Cc1cc(C)c2oc(-c3ccccc3Cl)c(OCc3c(Cl)cccc3Cl)c(=O)c2c1. The summed E-state index contributed by atoms with van der Waals surface area (Å²) in [5, 5.41) is 1.81. The van der Waals surface area contributed by atoms with Crippen LogP contribution in [0.25, 0.3) is 22.3 Å². The van der Waals surface area contributed by atoms with Gasteiger partial charge in [0.05, 0.1) is 10.4 Å². The Morgan fingerprint density at radius 1 is 0.900 bits per heavy atom. The van der Waals surface area contributed by atoms with Gasteiger partial charge in [-0.25, -0.2) is 0 Å². The zero-order valence-corrected chi connectivity index (χ0v) is 18.5. The van der Waals surface area contributed by atoms with Gasteiger partial charge >= 0.3 is 0 Å². The van der Waals surface area contributed by atoms with E-state index in [1.54, 1.807) is 36.4 Å². The fourth-order valence-electron chi connectivity index (χ4n) is 3.40. The Hall–Kier alpha value is -2.46. The zero-order chi connectivity index (χ0) is 21.4. The first-order valence-electron chi connectivity index (χ1n) is 9.25. The average Bonchev–Trinajstić information content (AvgIpc) is 2.70. The van der Waals surface area contributed by atoms with Crippen molar-refractivity contribution in [1.29, 1.82) is 0 Å². The van der Waals surface area contributed by atoms with Crippen LogP contribution in [0.3, 0.4) is 0 Å². The third kappa shape index (κ3) is 3.81. The molecule has 0 aliphatic carbocycles. The topological polar surface area (TPSA) is 39.4 Å². The Kier molecular flexibility index (Phi) is 5.79. The van der Waals surface area contributed by atoms with Crippen LogP contribution in [0.15, 0.2) is 63.8 Å². The maximum atomic E-state index is 13.4. The Labute approximate surface area is 188 Å². The smallest absolute Gasteiger partial charge is 0.235 e. The Balaban J connectivity index is 1.94. The van der Waals surface area contributed by atoms with E-state index in [-0.39, 0.29) is 23.5 Å². The highest BCUT2D eigenvalue weighted by Gasteiger charge is 2.21. The summed E-state index contributed by atoms with van der Waals surface area (Å²) in [6.45, 7) is 3.84. The highest BCUT2D eigenvalue weighted by atomic mass is 35.5. The summed E-state index contributed by atoms with van der Waals surface area (Å²) in [4.78, 5) is 13.4. The van der Waals surface area contributed by atoms with Gasteiger partial charge in [-0.05, 0) is 55.3 Å². The molecule has 0 aliphatic rings. The van der Waals surface area contributed by atoms with Gasteiger partial charge in [0, 0.05) is 21.2 Å². The molecule has 3 nitrogen and oxygen atoms in total. The third-order valence-electron chi connectivity index (χ3n) is 4.82. The van der Waals surface area contributed by atoms with Crippen molar-refractivity contribution in [3.05, 3.63) is 96.6 Å². The summed E-state index contributed by atoms with van der Waals surface area (Å²) in [5.41, 5.74) is 3.20. The van der Waals surface area contributed by atoms with Gasteiger partial charge in [-0.3, -0.25) is 4.79 Å². The molecule has 0 N–H and O–H groups in total. The Morgan fingerprint density at radius 3 is 2.27 bits per heavy atom. The van der Waals surface area contributed by atoms with Crippen molar-refractivity contribution < 1.29 is 9.15 Å². The van der Waals surface area contributed by atoms with Crippen LogP contribution in [0.2, 0.25) is 15.1 Å². The lowest BCUT2D eigenvalue weighted by Gasteiger charge is -2.15. The second kappa shape index (κ2) is 8.35. The summed E-state index contributed by atoms with van der Waals surface area (Å²) in [6, 6.07) is 16.1. The second-order valence-corrected chi connectivity index (χ2v) is 8.24. The van der Waals surface area contributed by atoms with E-state index in [9.17, 15) is 4.79 Å². The first-order valence-corrected chi connectivity index (χ1v) is 10.4. The van der Waals surface area contributed by atoms with Crippen LogP contribution in [-0.4, -0.2) is 0 Å². The van der Waals surface area contributed by atoms with Crippen LogP contribution in [0, 0.1) is 13.8 Å². The van der Waals surface area contributed by atoms with Crippen molar-refractivity contribution in [3.63, 3.8) is 0 Å². The highest BCUT2D eigenvalue weighted by molar-refractivity contribution is 6.36. The Morgan fingerprint density at radius 2 is 1.57 bits per heavy atom. The molecule has 4 rings (SSSR count).